The van der Waals surface area contributed by atoms with Gasteiger partial charge < -0.3 is 6.15 Å². The lowest BCUT2D eigenvalue weighted by Crippen LogP contribution is -2.02. The van der Waals surface area contributed by atoms with E-state index in [1.807, 2.05) is 0 Å². The summed E-state index contributed by atoms with van der Waals surface area (Å²) in [6, 6.07) is 0. The molecule has 0 aromatic heterocycles. The summed E-state index contributed by atoms with van der Waals surface area (Å²) in [5, 5.41) is 0. The second kappa shape index (κ2) is 2.85. The van der Waals surface area contributed by atoms with Gasteiger partial charge in [-0.2, -0.15) is 13.2 Å². The van der Waals surface area contributed by atoms with Crippen molar-refractivity contribution in [3.8, 4) is 0 Å². The van der Waals surface area contributed by atoms with Crippen LogP contribution < -0.4 is 6.15 Å². The van der Waals surface area contributed by atoms with Crippen molar-refractivity contribution < 1.29 is 13.2 Å². The van der Waals surface area contributed by atoms with E-state index in [0.29, 0.717) is 0 Å². The normalized spacial score (nSPS) is 10.3. The largest absolute Gasteiger partial charge is 0.388 e. The first-order valence-corrected chi connectivity index (χ1v) is 1.63. The zero-order valence-corrected chi connectivity index (χ0v) is 4.05. The van der Waals surface area contributed by atoms with Crippen molar-refractivity contribution >= 4 is 0 Å². The summed E-state index contributed by atoms with van der Waals surface area (Å²) in [6.45, 7) is 1.08. The van der Waals surface area contributed by atoms with Gasteiger partial charge in [0.25, 0.3) is 0 Å². The molecule has 1 nitrogen and oxygen atoms in total. The molecule has 0 bridgehead atoms. The topological polar surface area (TPSA) is 35.0 Å². The number of hydrogen-bond donors (Lipinski definition) is 1. The van der Waals surface area contributed by atoms with Gasteiger partial charge in [-0.25, -0.2) is 0 Å². The molecule has 7 heavy (non-hydrogen) atoms. The van der Waals surface area contributed by atoms with E-state index in [4.69, 9.17) is 0 Å². The molecule has 0 unspecified atom stereocenters. The van der Waals surface area contributed by atoms with Crippen LogP contribution in [0.1, 0.15) is 13.3 Å². The van der Waals surface area contributed by atoms with Gasteiger partial charge >= 0.3 is 6.18 Å². The van der Waals surface area contributed by atoms with Crippen LogP contribution in [0, 0.1) is 0 Å². The van der Waals surface area contributed by atoms with Crippen molar-refractivity contribution in [2.24, 2.45) is 0 Å². The van der Waals surface area contributed by atoms with E-state index in [1.165, 1.54) is 0 Å². The van der Waals surface area contributed by atoms with E-state index in [1.54, 1.807) is 0 Å². The van der Waals surface area contributed by atoms with Gasteiger partial charge in [0, 0.05) is 6.42 Å². The molecule has 0 atom stereocenters. The maximum atomic E-state index is 10.8. The fourth-order valence-electron chi connectivity index (χ4n) is 0. The average molecular weight is 115 g/mol. The van der Waals surface area contributed by atoms with E-state index >= 15 is 0 Å². The van der Waals surface area contributed by atoms with Gasteiger partial charge in [0.05, 0.1) is 0 Å². The molecule has 0 rings (SSSR count). The summed E-state index contributed by atoms with van der Waals surface area (Å²) in [4.78, 5) is 0. The Morgan fingerprint density at radius 1 is 1.29 bits per heavy atom. The Balaban J connectivity index is 0. The Hall–Kier alpha value is -0.250. The lowest BCUT2D eigenvalue weighted by Gasteiger charge is -1.96. The summed E-state index contributed by atoms with van der Waals surface area (Å²) in [6.07, 6.45) is -4.69. The number of alkyl halides is 3. The molecule has 0 radical (unpaired) electrons. The Kier molecular flexibility index (Phi) is 4.02. The van der Waals surface area contributed by atoms with Gasteiger partial charge in [-0.05, 0) is 0 Å². The van der Waals surface area contributed by atoms with Gasteiger partial charge in [0.15, 0.2) is 0 Å². The van der Waals surface area contributed by atoms with Crippen molar-refractivity contribution in [1.29, 1.82) is 0 Å². The van der Waals surface area contributed by atoms with Crippen LogP contribution in [-0.2, 0) is 0 Å². The zero-order valence-electron chi connectivity index (χ0n) is 4.05. The minimum absolute atomic E-state index is 0. The Morgan fingerprint density at radius 3 is 1.43 bits per heavy atom. The number of halogens is 3. The molecule has 0 saturated carbocycles. The zero-order chi connectivity index (χ0) is 5.21. The summed E-state index contributed by atoms with van der Waals surface area (Å²) in [7, 11) is 0. The minimum Gasteiger partial charge on any atom is -0.344 e. The van der Waals surface area contributed by atoms with Gasteiger partial charge in [-0.1, -0.05) is 6.92 Å². The average Bonchev–Trinajstić information content (AvgIpc) is 1.35. The molecular weight excluding hydrogens is 107 g/mol. The Bertz CT molecular complexity index is 39.9. The van der Waals surface area contributed by atoms with Gasteiger partial charge in [-0.15, -0.1) is 0 Å². The molecule has 0 aromatic carbocycles. The highest BCUT2D eigenvalue weighted by atomic mass is 19.4. The van der Waals surface area contributed by atoms with E-state index in [9.17, 15) is 13.2 Å². The highest BCUT2D eigenvalue weighted by Gasteiger charge is 2.22. The Labute approximate surface area is 40.1 Å². The monoisotopic (exact) mass is 115 g/mol. The lowest BCUT2D eigenvalue weighted by atomic mass is 10.5. The number of rotatable bonds is 0. The molecule has 3 N–H and O–H groups in total. The summed E-state index contributed by atoms with van der Waals surface area (Å²) < 4.78 is 32.4. The van der Waals surface area contributed by atoms with Crippen molar-refractivity contribution in [3.63, 3.8) is 0 Å². The first-order chi connectivity index (χ1) is 2.56. The van der Waals surface area contributed by atoms with E-state index in [0.717, 1.165) is 6.92 Å². The molecule has 0 aliphatic heterocycles. The third-order valence-corrected chi connectivity index (χ3v) is 0.401. The quantitative estimate of drug-likeness (QED) is 0.515. The maximum absolute atomic E-state index is 10.8. The van der Waals surface area contributed by atoms with Crippen LogP contribution in [0.25, 0.3) is 0 Å². The molecule has 0 fully saturated rings. The first-order valence-electron chi connectivity index (χ1n) is 1.63. The van der Waals surface area contributed by atoms with Crippen LogP contribution in [0.2, 0.25) is 0 Å². The summed E-state index contributed by atoms with van der Waals surface area (Å²) in [5.74, 6) is 0. The van der Waals surface area contributed by atoms with Crippen LogP contribution >= 0.6 is 0 Å². The van der Waals surface area contributed by atoms with Gasteiger partial charge in [-0.3, -0.25) is 0 Å². The predicted molar refractivity (Wildman–Crippen MR) is 21.4 cm³/mol. The molecule has 0 spiro atoms. The van der Waals surface area contributed by atoms with E-state index < -0.39 is 12.6 Å². The molecule has 46 valence electrons. The molecule has 0 aromatic rings. The molecular formula is C3H8F3N. The minimum atomic E-state index is -3.96. The molecule has 0 saturated heterocycles. The highest BCUT2D eigenvalue weighted by molar-refractivity contribution is 4.39. The fraction of sp³-hybridized carbons (Fsp3) is 1.00. The standard InChI is InChI=1S/C3H5F3.H3N/c1-2-3(4,5)6;/h2H2,1H3;1H3. The van der Waals surface area contributed by atoms with E-state index in [-0.39, 0.29) is 6.15 Å². The lowest BCUT2D eigenvalue weighted by molar-refractivity contribution is -0.130. The molecule has 0 aliphatic rings. The van der Waals surface area contributed by atoms with Crippen LogP contribution in [0.15, 0.2) is 0 Å². The van der Waals surface area contributed by atoms with Crippen LogP contribution in [-0.4, -0.2) is 6.18 Å². The van der Waals surface area contributed by atoms with Crippen LogP contribution in [0.4, 0.5) is 13.2 Å². The van der Waals surface area contributed by atoms with Crippen molar-refractivity contribution in [2.75, 3.05) is 0 Å². The van der Waals surface area contributed by atoms with Crippen molar-refractivity contribution in [1.82, 2.24) is 6.15 Å². The maximum Gasteiger partial charge on any atom is 0.388 e. The van der Waals surface area contributed by atoms with Gasteiger partial charge in [0.1, 0.15) is 0 Å². The molecule has 0 heterocycles. The van der Waals surface area contributed by atoms with Crippen LogP contribution in [0.5, 0.6) is 0 Å². The SMILES string of the molecule is CCC(F)(F)F.N. The van der Waals surface area contributed by atoms with Gasteiger partial charge in [0.2, 0.25) is 0 Å². The third-order valence-electron chi connectivity index (χ3n) is 0.401. The van der Waals surface area contributed by atoms with Crippen molar-refractivity contribution in [3.05, 3.63) is 0 Å². The summed E-state index contributed by atoms with van der Waals surface area (Å²) >= 11 is 0. The number of hydrogen-bond acceptors (Lipinski definition) is 1. The smallest absolute Gasteiger partial charge is 0.344 e. The Morgan fingerprint density at radius 2 is 1.43 bits per heavy atom. The molecule has 4 heteroatoms. The predicted octanol–water partition coefficient (Wildman–Crippen LogP) is 2.12. The van der Waals surface area contributed by atoms with Crippen molar-refractivity contribution in [2.45, 2.75) is 19.5 Å². The highest BCUT2D eigenvalue weighted by Crippen LogP contribution is 2.17. The second-order valence-corrected chi connectivity index (χ2v) is 0.969. The first kappa shape index (κ1) is 9.89. The fourth-order valence-corrected chi connectivity index (χ4v) is 0. The molecule has 0 aliphatic carbocycles. The summed E-state index contributed by atoms with van der Waals surface area (Å²) in [5.41, 5.74) is 0. The van der Waals surface area contributed by atoms with E-state index in [2.05, 4.69) is 0 Å². The molecule has 0 amide bonds. The third kappa shape index (κ3) is 10.7. The van der Waals surface area contributed by atoms with Crippen LogP contribution in [0.3, 0.4) is 0 Å². The second-order valence-electron chi connectivity index (χ2n) is 0.969.